The Hall–Kier alpha value is -3.94. The fraction of sp³-hybridized carbons (Fsp3) is 0.250. The van der Waals surface area contributed by atoms with Gasteiger partial charge in [-0.05, 0) is 91.4 Å². The van der Waals surface area contributed by atoms with E-state index in [-0.39, 0.29) is 24.2 Å². The van der Waals surface area contributed by atoms with Gasteiger partial charge in [-0.1, -0.05) is 35.3 Å². The Labute approximate surface area is 248 Å². The Morgan fingerprint density at radius 3 is 2.49 bits per heavy atom. The topological polar surface area (TPSA) is 95.2 Å². The van der Waals surface area contributed by atoms with E-state index >= 15 is 0 Å². The van der Waals surface area contributed by atoms with Crippen LogP contribution < -0.4 is 15.2 Å². The van der Waals surface area contributed by atoms with Crippen molar-refractivity contribution in [1.82, 2.24) is 14.8 Å². The molecule has 1 aliphatic rings. The van der Waals surface area contributed by atoms with Crippen LogP contribution in [0.5, 0.6) is 11.5 Å². The number of aromatic nitrogens is 3. The van der Waals surface area contributed by atoms with Gasteiger partial charge in [0.1, 0.15) is 23.9 Å². The molecule has 210 valence electrons. The van der Waals surface area contributed by atoms with Gasteiger partial charge < -0.3 is 20.2 Å². The predicted molar refractivity (Wildman–Crippen MR) is 162 cm³/mol. The normalized spacial score (nSPS) is 16.5. The highest BCUT2D eigenvalue weighted by molar-refractivity contribution is 6.31. The lowest BCUT2D eigenvalue weighted by atomic mass is 9.73. The highest BCUT2D eigenvalue weighted by Gasteiger charge is 2.35. The number of benzene rings is 3. The van der Waals surface area contributed by atoms with E-state index in [1.165, 1.54) is 5.56 Å². The van der Waals surface area contributed by atoms with Gasteiger partial charge in [-0.3, -0.25) is 9.48 Å². The number of anilines is 1. The van der Waals surface area contributed by atoms with Crippen molar-refractivity contribution in [3.8, 4) is 11.5 Å². The van der Waals surface area contributed by atoms with Crippen LogP contribution in [0, 0.1) is 12.8 Å². The lowest BCUT2D eigenvalue weighted by molar-refractivity contribution is -0.135. The molecule has 41 heavy (non-hydrogen) atoms. The van der Waals surface area contributed by atoms with Gasteiger partial charge in [-0.15, -0.1) is 0 Å². The summed E-state index contributed by atoms with van der Waals surface area (Å²) < 4.78 is 13.5. The van der Waals surface area contributed by atoms with Crippen LogP contribution in [0.1, 0.15) is 41.3 Å². The molecule has 0 bridgehead atoms. The number of esters is 1. The van der Waals surface area contributed by atoms with Crippen LogP contribution in [0.4, 0.5) is 5.82 Å². The third-order valence-electron chi connectivity index (χ3n) is 7.73. The number of nitrogens with zero attached hydrogens (tertiary/aromatic N) is 2. The molecule has 2 atom stereocenters. The van der Waals surface area contributed by atoms with E-state index in [0.717, 1.165) is 46.4 Å². The van der Waals surface area contributed by atoms with E-state index in [1.807, 2.05) is 48.0 Å². The monoisotopic (exact) mass is 588 g/mol. The number of nitrogens with two attached hydrogens (primary N) is 1. The minimum Gasteiger partial charge on any atom is -0.492 e. The second kappa shape index (κ2) is 11.5. The number of rotatable bonds is 8. The molecule has 0 aliphatic heterocycles. The van der Waals surface area contributed by atoms with E-state index in [2.05, 4.69) is 22.2 Å². The van der Waals surface area contributed by atoms with Crippen LogP contribution in [0.3, 0.4) is 0 Å². The third-order valence-corrected chi connectivity index (χ3v) is 8.22. The van der Waals surface area contributed by atoms with Crippen molar-refractivity contribution in [2.75, 3.05) is 12.3 Å². The average molecular weight is 590 g/mol. The molecular formula is C32H30Cl2N4O3. The number of nitrogen functional groups attached to an aromatic ring is 1. The largest absolute Gasteiger partial charge is 0.492 e. The maximum absolute atomic E-state index is 13.1. The summed E-state index contributed by atoms with van der Waals surface area (Å²) in [6.07, 6.45) is 1.98. The highest BCUT2D eigenvalue weighted by atomic mass is 35.5. The zero-order chi connectivity index (χ0) is 28.5. The van der Waals surface area contributed by atoms with Crippen molar-refractivity contribution in [1.29, 1.82) is 0 Å². The molecule has 7 nitrogen and oxygen atoms in total. The summed E-state index contributed by atoms with van der Waals surface area (Å²) in [5.74, 6) is 1.52. The highest BCUT2D eigenvalue weighted by Crippen LogP contribution is 2.45. The first-order valence-corrected chi connectivity index (χ1v) is 14.4. The van der Waals surface area contributed by atoms with Crippen LogP contribution in [0.2, 0.25) is 10.0 Å². The standard InChI is InChI=1S/C32H30Cl2N4O3/c1-19-16-29(35)37-38(19)14-15-40-24-8-2-20(3-9-24)31-21(17-30(39)41-25-10-5-22(33)6-11-25)4-12-26-27-18-23(34)7-13-28(27)36-32(26)31/h2-3,5-11,13,16,18,21,31,36H,4,12,14-15,17H2,1H3,(H2,35,37). The number of carbonyl (C=O) groups excluding carboxylic acids is 1. The number of fused-ring (bicyclic) bond motifs is 3. The number of ether oxygens (including phenoxy) is 2. The molecule has 2 heterocycles. The van der Waals surface area contributed by atoms with Gasteiger partial charge >= 0.3 is 5.97 Å². The molecule has 0 amide bonds. The molecule has 2 aromatic heterocycles. The van der Waals surface area contributed by atoms with Crippen molar-refractivity contribution in [3.63, 3.8) is 0 Å². The van der Waals surface area contributed by atoms with Gasteiger partial charge in [0.15, 0.2) is 0 Å². The molecular weight excluding hydrogens is 559 g/mol. The third kappa shape index (κ3) is 5.92. The summed E-state index contributed by atoms with van der Waals surface area (Å²) in [5, 5.41) is 6.72. The second-order valence-corrected chi connectivity index (χ2v) is 11.3. The summed E-state index contributed by atoms with van der Waals surface area (Å²) in [5.41, 5.74) is 11.3. The van der Waals surface area contributed by atoms with Crippen LogP contribution in [0.15, 0.2) is 72.8 Å². The number of carbonyl (C=O) groups is 1. The molecule has 5 aromatic rings. The Bertz CT molecular complexity index is 1690. The summed E-state index contributed by atoms with van der Waals surface area (Å²) >= 11 is 12.3. The first kappa shape index (κ1) is 27.2. The lowest BCUT2D eigenvalue weighted by Gasteiger charge is -2.32. The second-order valence-electron chi connectivity index (χ2n) is 10.5. The zero-order valence-corrected chi connectivity index (χ0v) is 24.1. The molecule has 6 rings (SSSR count). The molecule has 3 N–H and O–H groups in total. The van der Waals surface area contributed by atoms with E-state index in [0.29, 0.717) is 34.8 Å². The van der Waals surface area contributed by atoms with Gasteiger partial charge in [0, 0.05) is 50.7 Å². The van der Waals surface area contributed by atoms with Crippen LogP contribution >= 0.6 is 23.2 Å². The number of hydrogen-bond donors (Lipinski definition) is 2. The minimum absolute atomic E-state index is 0.0218. The van der Waals surface area contributed by atoms with Crippen LogP contribution in [-0.2, 0) is 17.8 Å². The van der Waals surface area contributed by atoms with E-state index in [9.17, 15) is 4.79 Å². The number of aromatic amines is 1. The number of halogens is 2. The molecule has 3 aromatic carbocycles. The quantitative estimate of drug-likeness (QED) is 0.146. The molecule has 1 aliphatic carbocycles. The van der Waals surface area contributed by atoms with E-state index < -0.39 is 0 Å². The van der Waals surface area contributed by atoms with Gasteiger partial charge in [-0.25, -0.2) is 0 Å². The van der Waals surface area contributed by atoms with Crippen molar-refractivity contribution in [3.05, 3.63) is 105 Å². The molecule has 0 fully saturated rings. The Kier molecular flexibility index (Phi) is 7.65. The number of nitrogens with one attached hydrogen (secondary N) is 1. The molecule has 9 heteroatoms. The summed E-state index contributed by atoms with van der Waals surface area (Å²) in [4.78, 5) is 16.7. The molecule has 0 saturated heterocycles. The van der Waals surface area contributed by atoms with Crippen molar-refractivity contribution < 1.29 is 14.3 Å². The summed E-state index contributed by atoms with van der Waals surface area (Å²) in [6.45, 7) is 3.04. The molecule has 0 radical (unpaired) electrons. The van der Waals surface area contributed by atoms with Gasteiger partial charge in [0.25, 0.3) is 0 Å². The molecule has 2 unspecified atom stereocenters. The van der Waals surface area contributed by atoms with E-state index in [1.54, 1.807) is 24.3 Å². The fourth-order valence-corrected chi connectivity index (χ4v) is 6.14. The smallest absolute Gasteiger partial charge is 0.311 e. The van der Waals surface area contributed by atoms with Gasteiger partial charge in [0.2, 0.25) is 0 Å². The first-order valence-electron chi connectivity index (χ1n) is 13.6. The first-order chi connectivity index (χ1) is 19.8. The fourth-order valence-electron chi connectivity index (χ4n) is 5.84. The summed E-state index contributed by atoms with van der Waals surface area (Å²) in [6, 6.07) is 22.7. The Balaban J connectivity index is 1.24. The average Bonchev–Trinajstić information content (AvgIpc) is 3.48. The van der Waals surface area contributed by atoms with Gasteiger partial charge in [0.05, 0.1) is 6.54 Å². The Morgan fingerprint density at radius 1 is 1.02 bits per heavy atom. The van der Waals surface area contributed by atoms with Crippen LogP contribution in [-0.4, -0.2) is 27.3 Å². The molecule has 0 saturated carbocycles. The number of H-pyrrole nitrogens is 1. The number of hydrogen-bond acceptors (Lipinski definition) is 5. The van der Waals surface area contributed by atoms with Gasteiger partial charge in [-0.2, -0.15) is 5.10 Å². The van der Waals surface area contributed by atoms with Crippen molar-refractivity contribution >= 4 is 45.9 Å². The van der Waals surface area contributed by atoms with Crippen LogP contribution in [0.25, 0.3) is 10.9 Å². The SMILES string of the molecule is Cc1cc(N)nn1CCOc1ccc(C2c3[nH]c4ccc(Cl)cc4c3CCC2CC(=O)Oc2ccc(Cl)cc2)cc1. The van der Waals surface area contributed by atoms with Crippen molar-refractivity contribution in [2.24, 2.45) is 5.92 Å². The lowest BCUT2D eigenvalue weighted by Crippen LogP contribution is -2.25. The maximum atomic E-state index is 13.1. The molecule has 0 spiro atoms. The maximum Gasteiger partial charge on any atom is 0.311 e. The predicted octanol–water partition coefficient (Wildman–Crippen LogP) is 7.33. The Morgan fingerprint density at radius 2 is 1.76 bits per heavy atom. The summed E-state index contributed by atoms with van der Waals surface area (Å²) in [7, 11) is 0. The number of aryl methyl sites for hydroxylation is 2. The van der Waals surface area contributed by atoms with E-state index in [4.69, 9.17) is 38.4 Å². The van der Waals surface area contributed by atoms with Crippen molar-refractivity contribution in [2.45, 2.75) is 38.6 Å². The zero-order valence-electron chi connectivity index (χ0n) is 22.6. The minimum atomic E-state index is -0.264.